The monoisotopic (exact) mass is 192 g/mol. The molecule has 2 aliphatic rings. The van der Waals surface area contributed by atoms with Crippen LogP contribution >= 0.6 is 0 Å². The van der Waals surface area contributed by atoms with E-state index in [0.29, 0.717) is 12.5 Å². The highest BCUT2D eigenvalue weighted by Gasteiger charge is 2.49. The first-order chi connectivity index (χ1) is 6.79. The summed E-state index contributed by atoms with van der Waals surface area (Å²) in [6, 6.07) is 0. The van der Waals surface area contributed by atoms with E-state index in [1.165, 1.54) is 19.8 Å². The Labute approximate surface area is 85.0 Å². The van der Waals surface area contributed by atoms with E-state index in [0.717, 1.165) is 24.7 Å². The Bertz CT molecular complexity index is 266. The highest BCUT2D eigenvalue weighted by Crippen LogP contribution is 2.52. The van der Waals surface area contributed by atoms with Crippen LogP contribution in [0.3, 0.4) is 0 Å². The zero-order valence-corrected chi connectivity index (χ0v) is 8.58. The molecule has 0 saturated heterocycles. The quantitative estimate of drug-likeness (QED) is 0.494. The van der Waals surface area contributed by atoms with E-state index in [2.05, 4.69) is 11.8 Å². The second kappa shape index (κ2) is 4.04. The van der Waals surface area contributed by atoms with Crippen molar-refractivity contribution in [2.45, 2.75) is 32.6 Å². The minimum Gasteiger partial charge on any atom is -0.466 e. The standard InChI is InChI=1S/C12H16O2/c1-9(13)14-8-12-10-6-4-2-3-5-7-11(10)12/h10-12H,4-8H2,1H3. The van der Waals surface area contributed by atoms with Crippen molar-refractivity contribution in [3.05, 3.63) is 0 Å². The minimum absolute atomic E-state index is 0.152. The van der Waals surface area contributed by atoms with Crippen LogP contribution < -0.4 is 0 Å². The van der Waals surface area contributed by atoms with Crippen LogP contribution in [-0.4, -0.2) is 12.6 Å². The average Bonchev–Trinajstić information content (AvgIpc) is 2.72. The summed E-state index contributed by atoms with van der Waals surface area (Å²) in [7, 11) is 0. The molecule has 2 rings (SSSR count). The normalized spacial score (nSPS) is 34.2. The van der Waals surface area contributed by atoms with Gasteiger partial charge in [-0.25, -0.2) is 0 Å². The molecule has 0 aromatic carbocycles. The van der Waals surface area contributed by atoms with E-state index in [1.54, 1.807) is 0 Å². The fraction of sp³-hybridized carbons (Fsp3) is 0.750. The number of esters is 1. The van der Waals surface area contributed by atoms with Gasteiger partial charge in [0.1, 0.15) is 0 Å². The number of ether oxygens (including phenoxy) is 1. The van der Waals surface area contributed by atoms with E-state index < -0.39 is 0 Å². The molecule has 0 aromatic rings. The van der Waals surface area contributed by atoms with Gasteiger partial charge in [-0.3, -0.25) is 4.79 Å². The summed E-state index contributed by atoms with van der Waals surface area (Å²) in [5, 5.41) is 0. The molecule has 0 N–H and O–H groups in total. The summed E-state index contributed by atoms with van der Waals surface area (Å²) in [6.45, 7) is 2.11. The molecule has 14 heavy (non-hydrogen) atoms. The molecule has 0 amide bonds. The number of hydrogen-bond acceptors (Lipinski definition) is 2. The number of carbonyl (C=O) groups excluding carboxylic acids is 1. The van der Waals surface area contributed by atoms with Gasteiger partial charge in [-0.05, 0) is 30.6 Å². The summed E-state index contributed by atoms with van der Waals surface area (Å²) < 4.78 is 5.06. The molecule has 1 saturated carbocycles. The first kappa shape index (κ1) is 9.58. The third-order valence-electron chi connectivity index (χ3n) is 3.32. The van der Waals surface area contributed by atoms with Gasteiger partial charge >= 0.3 is 5.97 Å². The lowest BCUT2D eigenvalue weighted by Crippen LogP contribution is -2.03. The maximum atomic E-state index is 10.7. The smallest absolute Gasteiger partial charge is 0.302 e. The summed E-state index contributed by atoms with van der Waals surface area (Å²) in [5.74, 6) is 8.38. The second-order valence-corrected chi connectivity index (χ2v) is 4.23. The van der Waals surface area contributed by atoms with E-state index in [9.17, 15) is 4.79 Å². The molecule has 0 aromatic heterocycles. The molecule has 2 atom stereocenters. The van der Waals surface area contributed by atoms with Gasteiger partial charge < -0.3 is 4.74 Å². The van der Waals surface area contributed by atoms with Gasteiger partial charge in [0.2, 0.25) is 0 Å². The highest BCUT2D eigenvalue weighted by atomic mass is 16.5. The summed E-state index contributed by atoms with van der Waals surface area (Å²) >= 11 is 0. The fourth-order valence-electron chi connectivity index (χ4n) is 2.50. The zero-order valence-electron chi connectivity index (χ0n) is 8.58. The lowest BCUT2D eigenvalue weighted by atomic mass is 10.1. The molecule has 0 aliphatic heterocycles. The van der Waals surface area contributed by atoms with Gasteiger partial charge in [-0.1, -0.05) is 0 Å². The SMILES string of the molecule is CC(=O)OCC1C2CCC#CCCC21. The lowest BCUT2D eigenvalue weighted by molar-refractivity contribution is -0.141. The molecule has 2 aliphatic carbocycles. The van der Waals surface area contributed by atoms with E-state index in [4.69, 9.17) is 4.74 Å². The Morgan fingerprint density at radius 3 is 2.36 bits per heavy atom. The van der Waals surface area contributed by atoms with Gasteiger partial charge in [0.25, 0.3) is 0 Å². The van der Waals surface area contributed by atoms with Crippen LogP contribution in [0, 0.1) is 29.6 Å². The summed E-state index contributed by atoms with van der Waals surface area (Å²) in [6.07, 6.45) is 4.45. The molecule has 2 heteroatoms. The zero-order chi connectivity index (χ0) is 9.97. The Balaban J connectivity index is 1.79. The first-order valence-corrected chi connectivity index (χ1v) is 5.38. The fourth-order valence-corrected chi connectivity index (χ4v) is 2.50. The number of fused-ring (bicyclic) bond motifs is 1. The molecule has 2 unspecified atom stereocenters. The first-order valence-electron chi connectivity index (χ1n) is 5.38. The van der Waals surface area contributed by atoms with Crippen LogP contribution in [0.2, 0.25) is 0 Å². The molecule has 0 radical (unpaired) electrons. The van der Waals surface area contributed by atoms with Crippen molar-refractivity contribution in [1.29, 1.82) is 0 Å². The predicted molar refractivity (Wildman–Crippen MR) is 53.3 cm³/mol. The van der Waals surface area contributed by atoms with Crippen LogP contribution in [0.5, 0.6) is 0 Å². The second-order valence-electron chi connectivity index (χ2n) is 4.23. The Kier molecular flexibility index (Phi) is 2.77. The number of rotatable bonds is 2. The van der Waals surface area contributed by atoms with Gasteiger partial charge in [0.05, 0.1) is 6.61 Å². The van der Waals surface area contributed by atoms with Crippen molar-refractivity contribution >= 4 is 5.97 Å². The van der Waals surface area contributed by atoms with Crippen LogP contribution in [0.4, 0.5) is 0 Å². The maximum absolute atomic E-state index is 10.7. The van der Waals surface area contributed by atoms with Gasteiger partial charge in [0.15, 0.2) is 0 Å². The molecule has 2 nitrogen and oxygen atoms in total. The third kappa shape index (κ3) is 2.09. The number of hydrogen-bond donors (Lipinski definition) is 0. The average molecular weight is 192 g/mol. The van der Waals surface area contributed by atoms with E-state index in [-0.39, 0.29) is 5.97 Å². The van der Waals surface area contributed by atoms with Gasteiger partial charge in [-0.15, -0.1) is 11.8 Å². The topological polar surface area (TPSA) is 26.3 Å². The maximum Gasteiger partial charge on any atom is 0.302 e. The third-order valence-corrected chi connectivity index (χ3v) is 3.32. The van der Waals surface area contributed by atoms with Crippen molar-refractivity contribution < 1.29 is 9.53 Å². The van der Waals surface area contributed by atoms with Crippen molar-refractivity contribution in [1.82, 2.24) is 0 Å². The van der Waals surface area contributed by atoms with E-state index >= 15 is 0 Å². The summed E-state index contributed by atoms with van der Waals surface area (Å²) in [4.78, 5) is 10.7. The Morgan fingerprint density at radius 1 is 1.29 bits per heavy atom. The Morgan fingerprint density at radius 2 is 1.86 bits per heavy atom. The Hall–Kier alpha value is -0.970. The molecule has 76 valence electrons. The summed E-state index contributed by atoms with van der Waals surface area (Å²) in [5.41, 5.74) is 0. The van der Waals surface area contributed by atoms with Crippen molar-refractivity contribution in [2.75, 3.05) is 6.61 Å². The van der Waals surface area contributed by atoms with E-state index in [1.807, 2.05) is 0 Å². The van der Waals surface area contributed by atoms with Crippen molar-refractivity contribution in [3.63, 3.8) is 0 Å². The number of carbonyl (C=O) groups is 1. The van der Waals surface area contributed by atoms with Gasteiger partial charge in [0, 0.05) is 19.8 Å². The predicted octanol–water partition coefficient (Wildman–Crippen LogP) is 1.99. The molecule has 0 bridgehead atoms. The molecule has 0 spiro atoms. The van der Waals surface area contributed by atoms with Crippen LogP contribution in [0.15, 0.2) is 0 Å². The molecule has 0 heterocycles. The molecule has 1 fully saturated rings. The van der Waals surface area contributed by atoms with Gasteiger partial charge in [-0.2, -0.15) is 0 Å². The van der Waals surface area contributed by atoms with Crippen LogP contribution in [0.25, 0.3) is 0 Å². The minimum atomic E-state index is -0.152. The van der Waals surface area contributed by atoms with Crippen LogP contribution in [0.1, 0.15) is 32.6 Å². The largest absolute Gasteiger partial charge is 0.466 e. The highest BCUT2D eigenvalue weighted by molar-refractivity contribution is 5.65. The molecular formula is C12H16O2. The van der Waals surface area contributed by atoms with Crippen molar-refractivity contribution in [2.24, 2.45) is 17.8 Å². The lowest BCUT2D eigenvalue weighted by Gasteiger charge is -1.99. The van der Waals surface area contributed by atoms with Crippen LogP contribution in [-0.2, 0) is 9.53 Å². The molecular weight excluding hydrogens is 176 g/mol. The van der Waals surface area contributed by atoms with Crippen molar-refractivity contribution in [3.8, 4) is 11.8 Å².